The minimum absolute atomic E-state index is 0.0813. The lowest BCUT2D eigenvalue weighted by Gasteiger charge is -2.16. The Morgan fingerprint density at radius 2 is 2.19 bits per heavy atom. The molecule has 5 heteroatoms. The first-order valence-electron chi connectivity index (χ1n) is 4.90. The quantitative estimate of drug-likeness (QED) is 0.829. The van der Waals surface area contributed by atoms with Crippen molar-refractivity contribution in [1.82, 2.24) is 0 Å². The molecule has 2 rings (SSSR count). The van der Waals surface area contributed by atoms with Crippen LogP contribution in [0.5, 0.6) is 11.5 Å². The summed E-state index contributed by atoms with van der Waals surface area (Å²) in [6.45, 7) is 3.70. The standard InChI is InChI=1S/C11H13NO4/c1-11(2)15-8-5-3-4-7(9(8)16-11)6-14-10(12)13/h3-5H,6H2,1-2H3,(H2,12,13). The number of hydrogen-bond acceptors (Lipinski definition) is 4. The van der Waals surface area contributed by atoms with Crippen LogP contribution in [0.3, 0.4) is 0 Å². The summed E-state index contributed by atoms with van der Waals surface area (Å²) in [5, 5.41) is 0. The van der Waals surface area contributed by atoms with Crippen LogP contribution in [-0.2, 0) is 11.3 Å². The second-order valence-corrected chi connectivity index (χ2v) is 3.96. The summed E-state index contributed by atoms with van der Waals surface area (Å²) >= 11 is 0. The third kappa shape index (κ3) is 2.03. The Morgan fingerprint density at radius 3 is 2.88 bits per heavy atom. The van der Waals surface area contributed by atoms with E-state index < -0.39 is 11.9 Å². The molecule has 0 aromatic heterocycles. The summed E-state index contributed by atoms with van der Waals surface area (Å²) in [5.41, 5.74) is 5.64. The summed E-state index contributed by atoms with van der Waals surface area (Å²) in [4.78, 5) is 10.5. The molecule has 16 heavy (non-hydrogen) atoms. The molecule has 0 unspecified atom stereocenters. The lowest BCUT2D eigenvalue weighted by Crippen LogP contribution is -2.30. The summed E-state index contributed by atoms with van der Waals surface area (Å²) in [7, 11) is 0. The molecular weight excluding hydrogens is 210 g/mol. The van der Waals surface area contributed by atoms with Gasteiger partial charge in [-0.25, -0.2) is 4.79 Å². The van der Waals surface area contributed by atoms with Crippen LogP contribution in [0.1, 0.15) is 19.4 Å². The van der Waals surface area contributed by atoms with Crippen LogP contribution in [0.25, 0.3) is 0 Å². The maximum absolute atomic E-state index is 10.5. The maximum atomic E-state index is 10.5. The Balaban J connectivity index is 2.23. The van der Waals surface area contributed by atoms with E-state index in [9.17, 15) is 4.79 Å². The van der Waals surface area contributed by atoms with E-state index in [1.54, 1.807) is 12.1 Å². The first kappa shape index (κ1) is 10.6. The SMILES string of the molecule is CC1(C)Oc2cccc(COC(N)=O)c2O1. The van der Waals surface area contributed by atoms with Crippen LogP contribution >= 0.6 is 0 Å². The average molecular weight is 223 g/mol. The van der Waals surface area contributed by atoms with Crippen LogP contribution < -0.4 is 15.2 Å². The Labute approximate surface area is 93.1 Å². The number of ether oxygens (including phenoxy) is 3. The normalized spacial score (nSPS) is 15.9. The minimum atomic E-state index is -0.809. The van der Waals surface area contributed by atoms with Crippen LogP contribution in [-0.4, -0.2) is 11.9 Å². The topological polar surface area (TPSA) is 70.8 Å². The van der Waals surface area contributed by atoms with Crippen molar-refractivity contribution in [2.75, 3.05) is 0 Å². The highest BCUT2D eigenvalue weighted by Gasteiger charge is 2.33. The molecule has 86 valence electrons. The molecule has 1 amide bonds. The van der Waals surface area contributed by atoms with Crippen LogP contribution in [0.4, 0.5) is 4.79 Å². The number of primary amides is 1. The van der Waals surface area contributed by atoms with E-state index in [-0.39, 0.29) is 6.61 Å². The van der Waals surface area contributed by atoms with Gasteiger partial charge in [-0.1, -0.05) is 12.1 Å². The van der Waals surface area contributed by atoms with E-state index in [0.717, 1.165) is 5.56 Å². The van der Waals surface area contributed by atoms with Crippen molar-refractivity contribution in [1.29, 1.82) is 0 Å². The highest BCUT2D eigenvalue weighted by molar-refractivity contribution is 5.64. The van der Waals surface area contributed by atoms with Crippen molar-refractivity contribution in [3.63, 3.8) is 0 Å². The first-order valence-corrected chi connectivity index (χ1v) is 4.90. The van der Waals surface area contributed by atoms with Gasteiger partial charge in [-0.15, -0.1) is 0 Å². The molecule has 0 saturated heterocycles. The molecule has 0 radical (unpaired) electrons. The molecule has 0 bridgehead atoms. The third-order valence-corrected chi connectivity index (χ3v) is 2.13. The summed E-state index contributed by atoms with van der Waals surface area (Å²) < 4.78 is 15.9. The van der Waals surface area contributed by atoms with Gasteiger partial charge in [-0.05, 0) is 6.07 Å². The minimum Gasteiger partial charge on any atom is -0.449 e. The van der Waals surface area contributed by atoms with Gasteiger partial charge in [0, 0.05) is 19.4 Å². The zero-order valence-electron chi connectivity index (χ0n) is 9.15. The van der Waals surface area contributed by atoms with E-state index >= 15 is 0 Å². The zero-order chi connectivity index (χ0) is 11.8. The van der Waals surface area contributed by atoms with Crippen LogP contribution in [0, 0.1) is 0 Å². The van der Waals surface area contributed by atoms with Gasteiger partial charge in [-0.2, -0.15) is 0 Å². The summed E-state index contributed by atoms with van der Waals surface area (Å²) in [6, 6.07) is 5.41. The van der Waals surface area contributed by atoms with Gasteiger partial charge in [0.25, 0.3) is 0 Å². The second kappa shape index (κ2) is 3.59. The van der Waals surface area contributed by atoms with Crippen molar-refractivity contribution < 1.29 is 19.0 Å². The van der Waals surface area contributed by atoms with Crippen molar-refractivity contribution in [2.45, 2.75) is 26.2 Å². The van der Waals surface area contributed by atoms with Gasteiger partial charge < -0.3 is 19.9 Å². The summed E-state index contributed by atoms with van der Waals surface area (Å²) in [5.74, 6) is 0.565. The first-order chi connectivity index (χ1) is 7.48. The lowest BCUT2D eigenvalue weighted by molar-refractivity contribution is -0.0437. The van der Waals surface area contributed by atoms with Crippen LogP contribution in [0.15, 0.2) is 18.2 Å². The van der Waals surface area contributed by atoms with Gasteiger partial charge in [-0.3, -0.25) is 0 Å². The fourth-order valence-corrected chi connectivity index (χ4v) is 1.55. The number of carbonyl (C=O) groups is 1. The smallest absolute Gasteiger partial charge is 0.404 e. The zero-order valence-corrected chi connectivity index (χ0v) is 9.15. The molecule has 0 atom stereocenters. The fraction of sp³-hybridized carbons (Fsp3) is 0.364. The second-order valence-electron chi connectivity index (χ2n) is 3.96. The molecule has 1 heterocycles. The Hall–Kier alpha value is -1.91. The van der Waals surface area contributed by atoms with Crippen LogP contribution in [0.2, 0.25) is 0 Å². The van der Waals surface area contributed by atoms with Crippen molar-refractivity contribution in [2.24, 2.45) is 5.73 Å². The van der Waals surface area contributed by atoms with Crippen molar-refractivity contribution in [3.8, 4) is 11.5 Å². The number of amides is 1. The molecule has 0 fully saturated rings. The highest BCUT2D eigenvalue weighted by Crippen LogP contribution is 2.41. The third-order valence-electron chi connectivity index (χ3n) is 2.13. The maximum Gasteiger partial charge on any atom is 0.404 e. The van der Waals surface area contributed by atoms with E-state index in [0.29, 0.717) is 11.5 Å². The lowest BCUT2D eigenvalue weighted by atomic mass is 10.2. The van der Waals surface area contributed by atoms with Gasteiger partial charge in [0.15, 0.2) is 11.5 Å². The monoisotopic (exact) mass is 223 g/mol. The number of benzene rings is 1. The van der Waals surface area contributed by atoms with Gasteiger partial charge in [0.2, 0.25) is 5.79 Å². The Bertz CT molecular complexity index is 428. The largest absolute Gasteiger partial charge is 0.449 e. The van der Waals surface area contributed by atoms with E-state index in [1.165, 1.54) is 0 Å². The Morgan fingerprint density at radius 1 is 1.44 bits per heavy atom. The molecule has 2 N–H and O–H groups in total. The predicted molar refractivity (Wildman–Crippen MR) is 56.1 cm³/mol. The molecule has 1 aliphatic heterocycles. The van der Waals surface area contributed by atoms with Crippen molar-refractivity contribution in [3.05, 3.63) is 23.8 Å². The Kier molecular flexibility index (Phi) is 2.38. The average Bonchev–Trinajstić information content (AvgIpc) is 2.48. The molecule has 0 aliphatic carbocycles. The fourth-order valence-electron chi connectivity index (χ4n) is 1.55. The predicted octanol–water partition coefficient (Wildman–Crippen LogP) is 1.79. The molecule has 0 spiro atoms. The number of hydrogen-bond donors (Lipinski definition) is 1. The molecule has 1 aliphatic rings. The highest BCUT2D eigenvalue weighted by atomic mass is 16.7. The molecule has 5 nitrogen and oxygen atoms in total. The number of fused-ring (bicyclic) bond motifs is 1. The van der Waals surface area contributed by atoms with Gasteiger partial charge in [0.1, 0.15) is 6.61 Å². The number of carbonyl (C=O) groups excluding carboxylic acids is 1. The van der Waals surface area contributed by atoms with E-state index in [1.807, 2.05) is 19.9 Å². The number of rotatable bonds is 2. The van der Waals surface area contributed by atoms with E-state index in [4.69, 9.17) is 19.9 Å². The number of para-hydroxylation sites is 1. The van der Waals surface area contributed by atoms with Gasteiger partial charge >= 0.3 is 6.09 Å². The molecular formula is C11H13NO4. The summed E-state index contributed by atoms with van der Waals surface area (Å²) in [6.07, 6.45) is -0.809. The molecule has 0 saturated carbocycles. The molecule has 1 aromatic rings. The van der Waals surface area contributed by atoms with E-state index in [2.05, 4.69) is 0 Å². The molecule has 1 aromatic carbocycles. The van der Waals surface area contributed by atoms with Gasteiger partial charge in [0.05, 0.1) is 0 Å². The number of nitrogens with two attached hydrogens (primary N) is 1. The van der Waals surface area contributed by atoms with Crippen molar-refractivity contribution >= 4 is 6.09 Å².